The Morgan fingerprint density at radius 3 is 2.50 bits per heavy atom. The van der Waals surface area contributed by atoms with Crippen molar-refractivity contribution >= 4 is 11.3 Å². The van der Waals surface area contributed by atoms with Crippen molar-refractivity contribution in [2.24, 2.45) is 0 Å². The van der Waals surface area contributed by atoms with Crippen molar-refractivity contribution in [2.45, 2.75) is 70.1 Å². The smallest absolute Gasteiger partial charge is 0.103 e. The Bertz CT molecular complexity index is 317. The minimum atomic E-state index is -0.365. The molecule has 2 rings (SSSR count). The van der Waals surface area contributed by atoms with Gasteiger partial charge in [-0.15, -0.1) is 11.3 Å². The molecular formula is C15H25NOS. The first kappa shape index (κ1) is 14.0. The van der Waals surface area contributed by atoms with E-state index in [4.69, 9.17) is 0 Å². The average Bonchev–Trinajstić information content (AvgIpc) is 2.85. The summed E-state index contributed by atoms with van der Waals surface area (Å²) in [6, 6.07) is 4.76. The molecular weight excluding hydrogens is 242 g/mol. The molecule has 2 nitrogen and oxygen atoms in total. The van der Waals surface area contributed by atoms with E-state index in [1.165, 1.54) is 44.9 Å². The SMILES string of the molecule is CC(NC1CCCCCCC1)C(O)c1cccs1. The monoisotopic (exact) mass is 267 g/mol. The molecule has 1 aliphatic carbocycles. The third-order valence-corrected chi connectivity index (χ3v) is 4.86. The highest BCUT2D eigenvalue weighted by Gasteiger charge is 2.20. The summed E-state index contributed by atoms with van der Waals surface area (Å²) >= 11 is 1.64. The van der Waals surface area contributed by atoms with Crippen LogP contribution in [0, 0.1) is 0 Å². The Hall–Kier alpha value is -0.380. The van der Waals surface area contributed by atoms with E-state index in [9.17, 15) is 5.11 Å². The maximum absolute atomic E-state index is 10.3. The number of hydrogen-bond donors (Lipinski definition) is 2. The lowest BCUT2D eigenvalue weighted by Crippen LogP contribution is -2.40. The standard InChI is InChI=1S/C15H25NOS/c1-12(15(17)14-10-7-11-18-14)16-13-8-5-3-2-4-6-9-13/h7,10-13,15-17H,2-6,8-9H2,1H3. The molecule has 102 valence electrons. The largest absolute Gasteiger partial charge is 0.386 e. The molecule has 2 atom stereocenters. The molecule has 1 aliphatic rings. The third kappa shape index (κ3) is 4.08. The zero-order chi connectivity index (χ0) is 12.8. The second-order valence-corrected chi connectivity index (χ2v) is 6.44. The Kier molecular flexibility index (Phi) is 5.67. The molecule has 18 heavy (non-hydrogen) atoms. The fourth-order valence-electron chi connectivity index (χ4n) is 2.79. The lowest BCUT2D eigenvalue weighted by Gasteiger charge is -2.27. The average molecular weight is 267 g/mol. The summed E-state index contributed by atoms with van der Waals surface area (Å²) < 4.78 is 0. The van der Waals surface area contributed by atoms with Gasteiger partial charge < -0.3 is 10.4 Å². The molecule has 1 aromatic rings. The first-order valence-electron chi connectivity index (χ1n) is 7.25. The highest BCUT2D eigenvalue weighted by molar-refractivity contribution is 7.10. The van der Waals surface area contributed by atoms with Gasteiger partial charge in [-0.3, -0.25) is 0 Å². The first-order chi connectivity index (χ1) is 8.77. The molecule has 1 saturated carbocycles. The number of rotatable bonds is 4. The van der Waals surface area contributed by atoms with E-state index in [2.05, 4.69) is 12.2 Å². The van der Waals surface area contributed by atoms with Crippen molar-refractivity contribution in [1.29, 1.82) is 0 Å². The lowest BCUT2D eigenvalue weighted by atomic mass is 9.95. The predicted molar refractivity (Wildman–Crippen MR) is 78.0 cm³/mol. The summed E-state index contributed by atoms with van der Waals surface area (Å²) in [7, 11) is 0. The second-order valence-electron chi connectivity index (χ2n) is 5.46. The zero-order valence-electron chi connectivity index (χ0n) is 11.3. The van der Waals surface area contributed by atoms with Gasteiger partial charge in [-0.25, -0.2) is 0 Å². The van der Waals surface area contributed by atoms with Gasteiger partial charge in [0.2, 0.25) is 0 Å². The summed E-state index contributed by atoms with van der Waals surface area (Å²) in [4.78, 5) is 1.07. The lowest BCUT2D eigenvalue weighted by molar-refractivity contribution is 0.129. The van der Waals surface area contributed by atoms with E-state index in [1.807, 2.05) is 17.5 Å². The highest BCUT2D eigenvalue weighted by Crippen LogP contribution is 2.24. The second kappa shape index (κ2) is 7.27. The van der Waals surface area contributed by atoms with E-state index < -0.39 is 0 Å². The van der Waals surface area contributed by atoms with Crippen molar-refractivity contribution in [3.63, 3.8) is 0 Å². The molecule has 0 spiro atoms. The summed E-state index contributed by atoms with van der Waals surface area (Å²) in [5.41, 5.74) is 0. The van der Waals surface area contributed by atoms with Crippen LogP contribution in [0.3, 0.4) is 0 Å². The summed E-state index contributed by atoms with van der Waals surface area (Å²) in [5, 5.41) is 15.9. The quantitative estimate of drug-likeness (QED) is 0.868. The van der Waals surface area contributed by atoms with Crippen LogP contribution in [0.1, 0.15) is 62.9 Å². The van der Waals surface area contributed by atoms with E-state index in [0.717, 1.165) is 4.88 Å². The molecule has 3 heteroatoms. The van der Waals surface area contributed by atoms with Crippen LogP contribution >= 0.6 is 11.3 Å². The molecule has 0 aromatic carbocycles. The number of aliphatic hydroxyl groups is 1. The molecule has 1 fully saturated rings. The number of aliphatic hydroxyl groups excluding tert-OH is 1. The topological polar surface area (TPSA) is 32.3 Å². The summed E-state index contributed by atoms with van der Waals surface area (Å²) in [6.45, 7) is 2.10. The molecule has 0 amide bonds. The van der Waals surface area contributed by atoms with Crippen LogP contribution in [0.2, 0.25) is 0 Å². The maximum Gasteiger partial charge on any atom is 0.103 e. The van der Waals surface area contributed by atoms with Crippen molar-refractivity contribution in [1.82, 2.24) is 5.32 Å². The van der Waals surface area contributed by atoms with E-state index in [0.29, 0.717) is 6.04 Å². The fourth-order valence-corrected chi connectivity index (χ4v) is 3.61. The van der Waals surface area contributed by atoms with E-state index >= 15 is 0 Å². The molecule has 0 saturated heterocycles. The fraction of sp³-hybridized carbons (Fsp3) is 0.733. The minimum absolute atomic E-state index is 0.146. The minimum Gasteiger partial charge on any atom is -0.386 e. The van der Waals surface area contributed by atoms with Gasteiger partial charge in [0.15, 0.2) is 0 Å². The van der Waals surface area contributed by atoms with Gasteiger partial charge >= 0.3 is 0 Å². The van der Waals surface area contributed by atoms with E-state index in [1.54, 1.807) is 11.3 Å². The molecule has 0 aliphatic heterocycles. The molecule has 0 radical (unpaired) electrons. The van der Waals surface area contributed by atoms with Crippen molar-refractivity contribution in [3.05, 3.63) is 22.4 Å². The van der Waals surface area contributed by atoms with Gasteiger partial charge in [-0.05, 0) is 31.2 Å². The van der Waals surface area contributed by atoms with Crippen LogP contribution in [0.5, 0.6) is 0 Å². The van der Waals surface area contributed by atoms with E-state index in [-0.39, 0.29) is 12.1 Å². The van der Waals surface area contributed by atoms with Crippen molar-refractivity contribution in [3.8, 4) is 0 Å². The van der Waals surface area contributed by atoms with Crippen LogP contribution in [0.25, 0.3) is 0 Å². The van der Waals surface area contributed by atoms with Crippen LogP contribution in [0.4, 0.5) is 0 Å². The van der Waals surface area contributed by atoms with Gasteiger partial charge in [-0.2, -0.15) is 0 Å². The number of thiophene rings is 1. The summed E-state index contributed by atoms with van der Waals surface area (Å²) in [6.07, 6.45) is 8.98. The van der Waals surface area contributed by atoms with Gasteiger partial charge in [0, 0.05) is 17.0 Å². The highest BCUT2D eigenvalue weighted by atomic mass is 32.1. The number of nitrogens with one attached hydrogen (secondary N) is 1. The normalized spacial score (nSPS) is 22.1. The third-order valence-electron chi connectivity index (χ3n) is 3.91. The molecule has 0 bridgehead atoms. The Balaban J connectivity index is 1.83. The Morgan fingerprint density at radius 1 is 1.22 bits per heavy atom. The molecule has 2 N–H and O–H groups in total. The summed E-state index contributed by atoms with van der Waals surface area (Å²) in [5.74, 6) is 0. The van der Waals surface area contributed by atoms with Crippen LogP contribution in [0.15, 0.2) is 17.5 Å². The molecule has 2 unspecified atom stereocenters. The van der Waals surface area contributed by atoms with Gasteiger partial charge in [0.25, 0.3) is 0 Å². The maximum atomic E-state index is 10.3. The molecule has 1 aromatic heterocycles. The zero-order valence-corrected chi connectivity index (χ0v) is 12.1. The number of hydrogen-bond acceptors (Lipinski definition) is 3. The molecule has 1 heterocycles. The van der Waals surface area contributed by atoms with Gasteiger partial charge in [0.1, 0.15) is 6.10 Å². The van der Waals surface area contributed by atoms with Gasteiger partial charge in [0.05, 0.1) is 0 Å². The Morgan fingerprint density at radius 2 is 1.89 bits per heavy atom. The van der Waals surface area contributed by atoms with Crippen molar-refractivity contribution in [2.75, 3.05) is 0 Å². The Labute approximate surface area is 114 Å². The van der Waals surface area contributed by atoms with Crippen LogP contribution in [-0.2, 0) is 0 Å². The van der Waals surface area contributed by atoms with Crippen LogP contribution in [-0.4, -0.2) is 17.2 Å². The van der Waals surface area contributed by atoms with Crippen molar-refractivity contribution < 1.29 is 5.11 Å². The predicted octanol–water partition coefficient (Wildman–Crippen LogP) is 3.87. The van der Waals surface area contributed by atoms with Gasteiger partial charge in [-0.1, -0.05) is 38.2 Å². The first-order valence-corrected chi connectivity index (χ1v) is 8.13. The van der Waals surface area contributed by atoms with Crippen LogP contribution < -0.4 is 5.32 Å².